The molecule has 2 fully saturated rings. The van der Waals surface area contributed by atoms with Gasteiger partial charge in [-0.1, -0.05) is 49.2 Å². The van der Waals surface area contributed by atoms with E-state index in [0.29, 0.717) is 6.04 Å². The third kappa shape index (κ3) is 2.90. The first-order chi connectivity index (χ1) is 11.3. The van der Waals surface area contributed by atoms with E-state index < -0.39 is 0 Å². The van der Waals surface area contributed by atoms with E-state index in [9.17, 15) is 0 Å². The summed E-state index contributed by atoms with van der Waals surface area (Å²) in [7, 11) is 0. The van der Waals surface area contributed by atoms with E-state index in [0.717, 1.165) is 19.0 Å². The van der Waals surface area contributed by atoms with Gasteiger partial charge in [-0.2, -0.15) is 0 Å². The van der Waals surface area contributed by atoms with Crippen molar-refractivity contribution in [1.82, 2.24) is 10.2 Å². The minimum Gasteiger partial charge on any atom is -0.314 e. The standard InChI is InChI=1S/C21H28N2/c1-16-10-11-20(19-9-5-4-8-18(16)19)21(17-6-2-3-7-17)23-14-12-22-13-15-23/h4-5,8-11,17,21-22H,2-3,6-7,12-15H2,1H3/t21-/m0/s1. The van der Waals surface area contributed by atoms with E-state index in [2.05, 4.69) is 53.5 Å². The van der Waals surface area contributed by atoms with E-state index in [-0.39, 0.29) is 0 Å². The van der Waals surface area contributed by atoms with Gasteiger partial charge in [0.05, 0.1) is 0 Å². The molecule has 0 radical (unpaired) electrons. The average Bonchev–Trinajstić information content (AvgIpc) is 3.13. The molecule has 1 N–H and O–H groups in total. The zero-order valence-corrected chi connectivity index (χ0v) is 14.2. The molecule has 1 aliphatic heterocycles. The Morgan fingerprint density at radius 1 is 0.957 bits per heavy atom. The number of nitrogens with one attached hydrogen (secondary N) is 1. The summed E-state index contributed by atoms with van der Waals surface area (Å²) in [5.41, 5.74) is 2.97. The molecular formula is C21H28N2. The molecular weight excluding hydrogens is 280 g/mol. The minimum absolute atomic E-state index is 0.602. The maximum absolute atomic E-state index is 3.52. The molecule has 1 aliphatic carbocycles. The number of fused-ring (bicyclic) bond motifs is 1. The lowest BCUT2D eigenvalue weighted by molar-refractivity contribution is 0.126. The Morgan fingerprint density at radius 3 is 2.39 bits per heavy atom. The monoisotopic (exact) mass is 308 g/mol. The summed E-state index contributed by atoms with van der Waals surface area (Å²) in [5.74, 6) is 0.833. The molecule has 0 aromatic heterocycles. The molecule has 1 atom stereocenters. The van der Waals surface area contributed by atoms with Crippen LogP contribution in [0.3, 0.4) is 0 Å². The van der Waals surface area contributed by atoms with Gasteiger partial charge in [-0.05, 0) is 47.6 Å². The smallest absolute Gasteiger partial charge is 0.0383 e. The molecule has 122 valence electrons. The molecule has 2 aromatic rings. The van der Waals surface area contributed by atoms with Crippen LogP contribution in [0.5, 0.6) is 0 Å². The second kappa shape index (κ2) is 6.62. The Hall–Kier alpha value is -1.38. The van der Waals surface area contributed by atoms with Crippen molar-refractivity contribution in [2.45, 2.75) is 38.6 Å². The molecule has 0 unspecified atom stereocenters. The van der Waals surface area contributed by atoms with Crippen molar-refractivity contribution in [2.75, 3.05) is 26.2 Å². The molecule has 2 aliphatic rings. The van der Waals surface area contributed by atoms with E-state index in [1.165, 1.54) is 55.1 Å². The number of piperazine rings is 1. The number of nitrogens with zero attached hydrogens (tertiary/aromatic N) is 1. The van der Waals surface area contributed by atoms with E-state index >= 15 is 0 Å². The highest BCUT2D eigenvalue weighted by Crippen LogP contribution is 2.42. The summed E-state index contributed by atoms with van der Waals surface area (Å²) in [4.78, 5) is 2.75. The van der Waals surface area contributed by atoms with Gasteiger partial charge < -0.3 is 5.32 Å². The molecule has 4 rings (SSSR count). The van der Waals surface area contributed by atoms with Crippen molar-refractivity contribution in [3.8, 4) is 0 Å². The molecule has 0 amide bonds. The lowest BCUT2D eigenvalue weighted by Gasteiger charge is -2.39. The van der Waals surface area contributed by atoms with Crippen molar-refractivity contribution < 1.29 is 0 Å². The molecule has 0 spiro atoms. The number of benzene rings is 2. The average molecular weight is 308 g/mol. The maximum Gasteiger partial charge on any atom is 0.0383 e. The molecule has 2 heteroatoms. The second-order valence-electron chi connectivity index (χ2n) is 7.29. The van der Waals surface area contributed by atoms with Crippen LogP contribution in [0.25, 0.3) is 10.8 Å². The van der Waals surface area contributed by atoms with Gasteiger partial charge >= 0.3 is 0 Å². The van der Waals surface area contributed by atoms with Crippen LogP contribution in [0.1, 0.15) is 42.9 Å². The van der Waals surface area contributed by atoms with Crippen LogP contribution in [0.2, 0.25) is 0 Å². The first kappa shape index (κ1) is 15.2. The maximum atomic E-state index is 3.52. The number of hydrogen-bond acceptors (Lipinski definition) is 2. The Kier molecular flexibility index (Phi) is 4.37. The van der Waals surface area contributed by atoms with Gasteiger partial charge in [0, 0.05) is 32.2 Å². The highest BCUT2D eigenvalue weighted by molar-refractivity contribution is 5.89. The third-order valence-corrected chi connectivity index (χ3v) is 5.89. The first-order valence-corrected chi connectivity index (χ1v) is 9.27. The van der Waals surface area contributed by atoms with Gasteiger partial charge in [0.1, 0.15) is 0 Å². The van der Waals surface area contributed by atoms with Crippen LogP contribution < -0.4 is 5.32 Å². The Balaban J connectivity index is 1.80. The Labute approximate surface area is 139 Å². The predicted molar refractivity (Wildman–Crippen MR) is 97.8 cm³/mol. The van der Waals surface area contributed by atoms with Gasteiger partial charge in [0.15, 0.2) is 0 Å². The summed E-state index contributed by atoms with van der Waals surface area (Å²) < 4.78 is 0. The zero-order valence-electron chi connectivity index (χ0n) is 14.2. The highest BCUT2D eigenvalue weighted by Gasteiger charge is 2.32. The SMILES string of the molecule is Cc1ccc([C@H](C2CCCC2)N2CCNCC2)c2ccccc12. The molecule has 2 nitrogen and oxygen atoms in total. The first-order valence-electron chi connectivity index (χ1n) is 9.27. The van der Waals surface area contributed by atoms with Crippen molar-refractivity contribution in [1.29, 1.82) is 0 Å². The van der Waals surface area contributed by atoms with E-state index in [1.54, 1.807) is 5.56 Å². The van der Waals surface area contributed by atoms with Gasteiger partial charge in [-0.15, -0.1) is 0 Å². The summed E-state index contributed by atoms with van der Waals surface area (Å²) >= 11 is 0. The summed E-state index contributed by atoms with van der Waals surface area (Å²) in [6.45, 7) is 6.87. The molecule has 1 saturated heterocycles. The van der Waals surface area contributed by atoms with Gasteiger partial charge in [0.2, 0.25) is 0 Å². The fraction of sp³-hybridized carbons (Fsp3) is 0.524. The summed E-state index contributed by atoms with van der Waals surface area (Å²) in [6.07, 6.45) is 5.63. The molecule has 0 bridgehead atoms. The quantitative estimate of drug-likeness (QED) is 0.910. The topological polar surface area (TPSA) is 15.3 Å². The Bertz CT molecular complexity index is 667. The molecule has 1 saturated carbocycles. The fourth-order valence-electron chi connectivity index (χ4n) is 4.71. The van der Waals surface area contributed by atoms with Crippen molar-refractivity contribution >= 4 is 10.8 Å². The second-order valence-corrected chi connectivity index (χ2v) is 7.29. The van der Waals surface area contributed by atoms with E-state index in [1.807, 2.05) is 0 Å². The molecule has 2 aromatic carbocycles. The van der Waals surface area contributed by atoms with Crippen molar-refractivity contribution in [3.63, 3.8) is 0 Å². The normalized spacial score (nSPS) is 21.8. The molecule has 1 heterocycles. The predicted octanol–water partition coefficient (Wildman–Crippen LogP) is 4.28. The third-order valence-electron chi connectivity index (χ3n) is 5.89. The van der Waals surface area contributed by atoms with E-state index in [4.69, 9.17) is 0 Å². The summed E-state index contributed by atoms with van der Waals surface area (Å²) in [5, 5.41) is 6.42. The Morgan fingerprint density at radius 2 is 1.65 bits per heavy atom. The fourth-order valence-corrected chi connectivity index (χ4v) is 4.71. The largest absolute Gasteiger partial charge is 0.314 e. The van der Waals surface area contributed by atoms with Gasteiger partial charge in [-0.3, -0.25) is 4.90 Å². The number of rotatable bonds is 3. The summed E-state index contributed by atoms with van der Waals surface area (Å²) in [6, 6.07) is 14.4. The van der Waals surface area contributed by atoms with Crippen LogP contribution in [0.4, 0.5) is 0 Å². The van der Waals surface area contributed by atoms with Gasteiger partial charge in [0.25, 0.3) is 0 Å². The van der Waals surface area contributed by atoms with Crippen LogP contribution in [0.15, 0.2) is 36.4 Å². The van der Waals surface area contributed by atoms with Crippen LogP contribution in [0, 0.1) is 12.8 Å². The zero-order chi connectivity index (χ0) is 15.6. The highest BCUT2D eigenvalue weighted by atomic mass is 15.2. The molecule has 23 heavy (non-hydrogen) atoms. The van der Waals surface area contributed by atoms with Crippen LogP contribution >= 0.6 is 0 Å². The lowest BCUT2D eigenvalue weighted by atomic mass is 9.86. The minimum atomic E-state index is 0.602. The van der Waals surface area contributed by atoms with Crippen molar-refractivity contribution in [3.05, 3.63) is 47.5 Å². The lowest BCUT2D eigenvalue weighted by Crippen LogP contribution is -2.46. The number of aryl methyl sites for hydroxylation is 1. The van der Waals surface area contributed by atoms with Crippen molar-refractivity contribution in [2.24, 2.45) is 5.92 Å². The van der Waals surface area contributed by atoms with Crippen LogP contribution in [-0.4, -0.2) is 31.1 Å². The van der Waals surface area contributed by atoms with Crippen LogP contribution in [-0.2, 0) is 0 Å². The van der Waals surface area contributed by atoms with Gasteiger partial charge in [-0.25, -0.2) is 0 Å². The number of hydrogen-bond donors (Lipinski definition) is 1.